The number of piperazine rings is 1. The van der Waals surface area contributed by atoms with Gasteiger partial charge in [-0.15, -0.1) is 0 Å². The van der Waals surface area contributed by atoms with Crippen LogP contribution < -0.4 is 10.2 Å². The minimum atomic E-state index is -0.390. The second kappa shape index (κ2) is 8.86. The summed E-state index contributed by atoms with van der Waals surface area (Å²) < 4.78 is 13.5. The quantitative estimate of drug-likeness (QED) is 0.793. The molecule has 158 valence electrons. The molecule has 1 heterocycles. The van der Waals surface area contributed by atoms with Crippen LogP contribution in [0.1, 0.15) is 45.5 Å². The van der Waals surface area contributed by atoms with Gasteiger partial charge in [0.2, 0.25) is 0 Å². The molecule has 1 saturated carbocycles. The fourth-order valence-electron chi connectivity index (χ4n) is 3.88. The number of anilines is 1. The Bertz CT molecular complexity index is 917. The number of hydrogen-bond donors (Lipinski definition) is 1. The first-order valence-corrected chi connectivity index (χ1v) is 10.7. The summed E-state index contributed by atoms with van der Waals surface area (Å²) in [6.07, 6.45) is 3.67. The molecule has 2 aromatic carbocycles. The number of nitrogens with zero attached hydrogens (tertiary/aromatic N) is 2. The Kier molecular flexibility index (Phi) is 6.02. The molecule has 1 aliphatic heterocycles. The average molecular weight is 410 g/mol. The van der Waals surface area contributed by atoms with E-state index in [1.165, 1.54) is 25.0 Å². The predicted molar refractivity (Wildman–Crippen MR) is 115 cm³/mol. The largest absolute Gasteiger partial charge is 0.368 e. The van der Waals surface area contributed by atoms with Crippen LogP contribution >= 0.6 is 0 Å². The summed E-state index contributed by atoms with van der Waals surface area (Å²) in [5, 5.41) is 2.99. The van der Waals surface area contributed by atoms with Crippen molar-refractivity contribution in [2.75, 3.05) is 37.6 Å². The highest BCUT2D eigenvalue weighted by Crippen LogP contribution is 2.31. The molecule has 1 saturated heterocycles. The van der Waals surface area contributed by atoms with Crippen LogP contribution in [0.25, 0.3) is 0 Å². The summed E-state index contributed by atoms with van der Waals surface area (Å²) in [5.74, 6) is 0.273. The average Bonchev–Trinajstić information content (AvgIpc) is 3.59. The molecule has 0 unspecified atom stereocenters. The molecule has 5 nitrogen and oxygen atoms in total. The van der Waals surface area contributed by atoms with E-state index in [0.717, 1.165) is 30.1 Å². The summed E-state index contributed by atoms with van der Waals surface area (Å²) >= 11 is 0. The maximum Gasteiger partial charge on any atom is 0.254 e. The maximum atomic E-state index is 13.5. The third-order valence-electron chi connectivity index (χ3n) is 6.03. The highest BCUT2D eigenvalue weighted by molar-refractivity contribution is 5.96. The number of rotatable bonds is 6. The van der Waals surface area contributed by atoms with Crippen LogP contribution in [0.15, 0.2) is 42.5 Å². The number of aryl methyl sites for hydroxylation is 1. The molecule has 0 aromatic heterocycles. The minimum absolute atomic E-state index is 0.0249. The third-order valence-corrected chi connectivity index (χ3v) is 6.03. The van der Waals surface area contributed by atoms with Crippen molar-refractivity contribution < 1.29 is 14.0 Å². The summed E-state index contributed by atoms with van der Waals surface area (Å²) in [4.78, 5) is 29.0. The molecule has 6 heteroatoms. The van der Waals surface area contributed by atoms with Gasteiger partial charge >= 0.3 is 0 Å². The van der Waals surface area contributed by atoms with Gasteiger partial charge in [0.15, 0.2) is 0 Å². The number of carbonyl (C=O) groups excluding carboxylic acids is 2. The van der Waals surface area contributed by atoms with Gasteiger partial charge in [0.05, 0.1) is 0 Å². The molecule has 2 amide bonds. The van der Waals surface area contributed by atoms with E-state index >= 15 is 0 Å². The number of hydrogen-bond acceptors (Lipinski definition) is 3. The summed E-state index contributed by atoms with van der Waals surface area (Å²) in [6.45, 7) is 5.13. The lowest BCUT2D eigenvalue weighted by Crippen LogP contribution is -2.49. The third kappa shape index (κ3) is 4.81. The van der Waals surface area contributed by atoms with Crippen LogP contribution in [0.2, 0.25) is 0 Å². The van der Waals surface area contributed by atoms with Crippen LogP contribution in [0.3, 0.4) is 0 Å². The van der Waals surface area contributed by atoms with E-state index in [1.54, 1.807) is 11.0 Å². The van der Waals surface area contributed by atoms with Gasteiger partial charge < -0.3 is 15.1 Å². The van der Waals surface area contributed by atoms with Gasteiger partial charge in [-0.25, -0.2) is 4.39 Å². The van der Waals surface area contributed by atoms with E-state index in [-0.39, 0.29) is 17.6 Å². The van der Waals surface area contributed by atoms with Gasteiger partial charge in [0.25, 0.3) is 11.8 Å². The molecule has 0 bridgehead atoms. The second-order valence-electron chi connectivity index (χ2n) is 8.27. The normalized spacial score (nSPS) is 16.5. The Labute approximate surface area is 176 Å². The fourth-order valence-corrected chi connectivity index (χ4v) is 3.88. The molecule has 0 radical (unpaired) electrons. The molecule has 1 aliphatic carbocycles. The molecular weight excluding hydrogens is 381 g/mol. The van der Waals surface area contributed by atoms with Crippen molar-refractivity contribution in [3.05, 3.63) is 65.0 Å². The number of halogens is 1. The zero-order valence-corrected chi connectivity index (χ0v) is 17.4. The Morgan fingerprint density at radius 1 is 1.03 bits per heavy atom. The van der Waals surface area contributed by atoms with E-state index in [0.29, 0.717) is 37.3 Å². The first-order valence-electron chi connectivity index (χ1n) is 10.7. The van der Waals surface area contributed by atoms with Crippen molar-refractivity contribution in [2.45, 2.75) is 26.2 Å². The van der Waals surface area contributed by atoms with Gasteiger partial charge in [0, 0.05) is 49.5 Å². The van der Waals surface area contributed by atoms with E-state index in [2.05, 4.69) is 10.2 Å². The Hall–Kier alpha value is -2.89. The SMILES string of the molecule is Cc1ccc(F)cc1C(=O)N1CCN(c2ccc(C(=O)NCCC3CC3)cc2)CC1. The van der Waals surface area contributed by atoms with Gasteiger partial charge in [-0.05, 0) is 61.2 Å². The second-order valence-corrected chi connectivity index (χ2v) is 8.27. The Balaban J connectivity index is 1.30. The van der Waals surface area contributed by atoms with Gasteiger partial charge in [-0.3, -0.25) is 9.59 Å². The first-order chi connectivity index (χ1) is 14.5. The van der Waals surface area contributed by atoms with Crippen molar-refractivity contribution in [2.24, 2.45) is 5.92 Å². The van der Waals surface area contributed by atoms with Gasteiger partial charge in [-0.2, -0.15) is 0 Å². The maximum absolute atomic E-state index is 13.5. The standard InChI is InChI=1S/C24H28FN3O2/c1-17-2-7-20(25)16-22(17)24(30)28-14-12-27(13-15-28)21-8-5-19(6-9-21)23(29)26-11-10-18-3-4-18/h2,5-9,16,18H,3-4,10-15H2,1H3,(H,26,29). The van der Waals surface area contributed by atoms with Crippen LogP contribution in [0.4, 0.5) is 10.1 Å². The fraction of sp³-hybridized carbons (Fsp3) is 0.417. The smallest absolute Gasteiger partial charge is 0.254 e. The summed E-state index contributed by atoms with van der Waals surface area (Å²) in [6, 6.07) is 12.0. The highest BCUT2D eigenvalue weighted by Gasteiger charge is 2.24. The monoisotopic (exact) mass is 409 g/mol. The summed E-state index contributed by atoms with van der Waals surface area (Å²) in [7, 11) is 0. The molecule has 0 spiro atoms. The van der Waals surface area contributed by atoms with E-state index in [9.17, 15) is 14.0 Å². The number of benzene rings is 2. The molecule has 30 heavy (non-hydrogen) atoms. The van der Waals surface area contributed by atoms with E-state index in [4.69, 9.17) is 0 Å². The number of amides is 2. The molecule has 2 aliphatic rings. The predicted octanol–water partition coefficient (Wildman–Crippen LogP) is 3.63. The van der Waals surface area contributed by atoms with Crippen LogP contribution in [-0.2, 0) is 0 Å². The van der Waals surface area contributed by atoms with Crippen LogP contribution in [0, 0.1) is 18.7 Å². The molecule has 2 aromatic rings. The van der Waals surface area contributed by atoms with Crippen LogP contribution in [0.5, 0.6) is 0 Å². The lowest BCUT2D eigenvalue weighted by atomic mass is 10.1. The van der Waals surface area contributed by atoms with Gasteiger partial charge in [0.1, 0.15) is 5.82 Å². The van der Waals surface area contributed by atoms with Crippen molar-refractivity contribution in [1.29, 1.82) is 0 Å². The van der Waals surface area contributed by atoms with Crippen molar-refractivity contribution in [3.8, 4) is 0 Å². The number of nitrogens with one attached hydrogen (secondary N) is 1. The lowest BCUT2D eigenvalue weighted by molar-refractivity contribution is 0.0745. The van der Waals surface area contributed by atoms with E-state index < -0.39 is 0 Å². The minimum Gasteiger partial charge on any atom is -0.368 e. The topological polar surface area (TPSA) is 52.7 Å². The number of carbonyl (C=O) groups is 2. The van der Waals surface area contributed by atoms with E-state index in [1.807, 2.05) is 31.2 Å². The Morgan fingerprint density at radius 3 is 2.40 bits per heavy atom. The molecule has 2 fully saturated rings. The molecule has 0 atom stereocenters. The van der Waals surface area contributed by atoms with Crippen LogP contribution in [-0.4, -0.2) is 49.4 Å². The summed E-state index contributed by atoms with van der Waals surface area (Å²) in [5.41, 5.74) is 2.93. The Morgan fingerprint density at radius 2 is 1.73 bits per heavy atom. The first kappa shape index (κ1) is 20.4. The zero-order chi connectivity index (χ0) is 21.1. The van der Waals surface area contributed by atoms with Crippen molar-refractivity contribution >= 4 is 17.5 Å². The lowest BCUT2D eigenvalue weighted by Gasteiger charge is -2.36. The van der Waals surface area contributed by atoms with Gasteiger partial charge in [-0.1, -0.05) is 18.9 Å². The highest BCUT2D eigenvalue weighted by atomic mass is 19.1. The zero-order valence-electron chi connectivity index (χ0n) is 17.4. The molecule has 4 rings (SSSR count). The van der Waals surface area contributed by atoms with Crippen molar-refractivity contribution in [1.82, 2.24) is 10.2 Å². The van der Waals surface area contributed by atoms with Crippen molar-refractivity contribution in [3.63, 3.8) is 0 Å². The molecular formula is C24H28FN3O2. The molecule has 1 N–H and O–H groups in total.